The molecule has 2 fully saturated rings. The van der Waals surface area contributed by atoms with Gasteiger partial charge in [-0.25, -0.2) is 0 Å². The van der Waals surface area contributed by atoms with Gasteiger partial charge in [0, 0.05) is 31.4 Å². The zero-order chi connectivity index (χ0) is 15.4. The number of carbonyl (C=O) groups excluding carboxylic acids is 1. The van der Waals surface area contributed by atoms with Crippen LogP contribution < -0.4 is 16.0 Å². The third kappa shape index (κ3) is 3.80. The largest absolute Gasteiger partial charge is 0.371 e. The lowest BCUT2D eigenvalue weighted by molar-refractivity contribution is -0.122. The maximum Gasteiger partial charge on any atom is 0.222 e. The Kier molecular flexibility index (Phi) is 4.98. The van der Waals surface area contributed by atoms with Crippen LogP contribution in [0, 0.1) is 5.92 Å². The molecule has 0 aromatic heterocycles. The van der Waals surface area contributed by atoms with Crippen molar-refractivity contribution in [3.63, 3.8) is 0 Å². The van der Waals surface area contributed by atoms with E-state index >= 15 is 0 Å². The highest BCUT2D eigenvalue weighted by Crippen LogP contribution is 2.24. The van der Waals surface area contributed by atoms with Crippen molar-refractivity contribution in [3.8, 4) is 0 Å². The van der Waals surface area contributed by atoms with Crippen molar-refractivity contribution in [2.45, 2.75) is 51.1 Å². The van der Waals surface area contributed by atoms with Crippen LogP contribution in [0.2, 0.25) is 0 Å². The predicted octanol–water partition coefficient (Wildman–Crippen LogP) is 2.42. The lowest BCUT2D eigenvalue weighted by Gasteiger charge is -2.33. The smallest absolute Gasteiger partial charge is 0.222 e. The Labute approximate surface area is 133 Å². The molecule has 4 heteroatoms. The monoisotopic (exact) mass is 301 g/mol. The molecule has 1 aliphatic heterocycles. The van der Waals surface area contributed by atoms with Crippen LogP contribution in [0.4, 0.5) is 5.69 Å². The summed E-state index contributed by atoms with van der Waals surface area (Å²) >= 11 is 0. The highest BCUT2D eigenvalue weighted by Gasteiger charge is 2.24. The molecule has 1 aliphatic carbocycles. The number of hydrogen-bond acceptors (Lipinski definition) is 3. The fourth-order valence-electron chi connectivity index (χ4n) is 3.66. The van der Waals surface area contributed by atoms with Crippen LogP contribution in [-0.2, 0) is 11.3 Å². The van der Waals surface area contributed by atoms with E-state index < -0.39 is 0 Å². The Balaban J connectivity index is 1.55. The van der Waals surface area contributed by atoms with Gasteiger partial charge in [0.15, 0.2) is 0 Å². The molecule has 1 atom stereocenters. The Morgan fingerprint density at radius 3 is 2.55 bits per heavy atom. The topological polar surface area (TPSA) is 58.4 Å². The third-order valence-electron chi connectivity index (χ3n) is 5.08. The van der Waals surface area contributed by atoms with E-state index in [0.29, 0.717) is 6.04 Å². The van der Waals surface area contributed by atoms with E-state index in [4.69, 9.17) is 5.73 Å². The van der Waals surface area contributed by atoms with Gasteiger partial charge in [-0.1, -0.05) is 25.0 Å². The molecule has 22 heavy (non-hydrogen) atoms. The summed E-state index contributed by atoms with van der Waals surface area (Å²) in [6.07, 6.45) is 7.34. The van der Waals surface area contributed by atoms with Gasteiger partial charge in [0.05, 0.1) is 5.92 Å². The molecule has 1 heterocycles. The highest BCUT2D eigenvalue weighted by atomic mass is 16.1. The molecule has 1 unspecified atom stereocenters. The molecule has 4 nitrogen and oxygen atoms in total. The van der Waals surface area contributed by atoms with Crippen LogP contribution in [0.5, 0.6) is 0 Å². The van der Waals surface area contributed by atoms with Crippen molar-refractivity contribution < 1.29 is 4.79 Å². The summed E-state index contributed by atoms with van der Waals surface area (Å²) in [5, 5.41) is 3.64. The van der Waals surface area contributed by atoms with Gasteiger partial charge in [0.1, 0.15) is 0 Å². The van der Waals surface area contributed by atoms with Crippen molar-refractivity contribution in [2.24, 2.45) is 11.7 Å². The average Bonchev–Trinajstić information content (AvgIpc) is 3.07. The number of piperidine rings is 1. The second-order valence-corrected chi connectivity index (χ2v) is 6.72. The highest BCUT2D eigenvalue weighted by molar-refractivity contribution is 5.77. The van der Waals surface area contributed by atoms with Crippen LogP contribution >= 0.6 is 0 Å². The zero-order valence-corrected chi connectivity index (χ0v) is 13.3. The van der Waals surface area contributed by atoms with Gasteiger partial charge in [-0.2, -0.15) is 0 Å². The SMILES string of the molecule is NC(=O)C1CCCN(c2ccc(CNC3CCCC3)cc2)C1. The Morgan fingerprint density at radius 1 is 1.14 bits per heavy atom. The van der Waals surface area contributed by atoms with Crippen molar-refractivity contribution in [2.75, 3.05) is 18.0 Å². The van der Waals surface area contributed by atoms with Crippen LogP contribution in [0.15, 0.2) is 24.3 Å². The molecular formula is C18H27N3O. The normalized spacial score (nSPS) is 22.9. The number of anilines is 1. The summed E-state index contributed by atoms with van der Waals surface area (Å²) in [6, 6.07) is 9.46. The maximum absolute atomic E-state index is 11.4. The molecule has 3 rings (SSSR count). The fourth-order valence-corrected chi connectivity index (χ4v) is 3.66. The number of amides is 1. The first-order valence-corrected chi connectivity index (χ1v) is 8.59. The van der Waals surface area contributed by atoms with Gasteiger partial charge in [-0.3, -0.25) is 4.79 Å². The van der Waals surface area contributed by atoms with Crippen LogP contribution in [0.3, 0.4) is 0 Å². The maximum atomic E-state index is 11.4. The van der Waals surface area contributed by atoms with Gasteiger partial charge in [-0.05, 0) is 43.4 Å². The number of carbonyl (C=O) groups is 1. The van der Waals surface area contributed by atoms with Crippen molar-refractivity contribution in [3.05, 3.63) is 29.8 Å². The number of primary amides is 1. The zero-order valence-electron chi connectivity index (χ0n) is 13.3. The predicted molar refractivity (Wildman–Crippen MR) is 89.7 cm³/mol. The van der Waals surface area contributed by atoms with Crippen molar-refractivity contribution >= 4 is 11.6 Å². The number of hydrogen-bond donors (Lipinski definition) is 2. The van der Waals surface area contributed by atoms with E-state index in [0.717, 1.165) is 32.5 Å². The van der Waals surface area contributed by atoms with Gasteiger partial charge in [0.25, 0.3) is 0 Å². The third-order valence-corrected chi connectivity index (χ3v) is 5.08. The lowest BCUT2D eigenvalue weighted by Crippen LogP contribution is -2.41. The number of benzene rings is 1. The second-order valence-electron chi connectivity index (χ2n) is 6.72. The molecule has 0 spiro atoms. The molecular weight excluding hydrogens is 274 g/mol. The van der Waals surface area contributed by atoms with Gasteiger partial charge in [-0.15, -0.1) is 0 Å². The van der Waals surface area contributed by atoms with E-state index in [9.17, 15) is 4.79 Å². The van der Waals surface area contributed by atoms with Crippen LogP contribution in [-0.4, -0.2) is 25.0 Å². The van der Waals surface area contributed by atoms with E-state index in [1.165, 1.54) is 36.9 Å². The average molecular weight is 301 g/mol. The summed E-state index contributed by atoms with van der Waals surface area (Å²) in [4.78, 5) is 13.7. The standard InChI is InChI=1S/C18H27N3O/c19-18(22)15-4-3-11-21(13-15)17-9-7-14(8-10-17)12-20-16-5-1-2-6-16/h7-10,15-16,20H,1-6,11-13H2,(H2,19,22). The minimum absolute atomic E-state index is 0.00235. The molecule has 1 saturated carbocycles. The molecule has 1 amide bonds. The van der Waals surface area contributed by atoms with Crippen LogP contribution in [0.1, 0.15) is 44.1 Å². The Bertz CT molecular complexity index is 494. The number of nitrogens with one attached hydrogen (secondary N) is 1. The van der Waals surface area contributed by atoms with E-state index in [1.807, 2.05) is 0 Å². The van der Waals surface area contributed by atoms with Gasteiger partial charge in [0.2, 0.25) is 5.91 Å². The number of rotatable bonds is 5. The summed E-state index contributed by atoms with van der Waals surface area (Å²) in [6.45, 7) is 2.73. The minimum atomic E-state index is -0.165. The van der Waals surface area contributed by atoms with Crippen molar-refractivity contribution in [1.29, 1.82) is 0 Å². The van der Waals surface area contributed by atoms with E-state index in [1.54, 1.807) is 0 Å². The molecule has 1 aromatic carbocycles. The van der Waals surface area contributed by atoms with Crippen molar-refractivity contribution in [1.82, 2.24) is 5.32 Å². The van der Waals surface area contributed by atoms with Gasteiger partial charge < -0.3 is 16.0 Å². The molecule has 1 saturated heterocycles. The molecule has 0 bridgehead atoms. The van der Waals surface area contributed by atoms with E-state index in [2.05, 4.69) is 34.5 Å². The summed E-state index contributed by atoms with van der Waals surface area (Å²) in [5.74, 6) is -0.167. The fraction of sp³-hybridized carbons (Fsp3) is 0.611. The molecule has 3 N–H and O–H groups in total. The van der Waals surface area contributed by atoms with Crippen LogP contribution in [0.25, 0.3) is 0 Å². The second kappa shape index (κ2) is 7.14. The Hall–Kier alpha value is -1.55. The minimum Gasteiger partial charge on any atom is -0.371 e. The summed E-state index contributed by atoms with van der Waals surface area (Å²) in [5.41, 5.74) is 7.99. The summed E-state index contributed by atoms with van der Waals surface area (Å²) < 4.78 is 0. The lowest BCUT2D eigenvalue weighted by atomic mass is 9.97. The quantitative estimate of drug-likeness (QED) is 0.878. The molecule has 120 valence electrons. The number of nitrogens with zero attached hydrogens (tertiary/aromatic N) is 1. The first-order valence-electron chi connectivity index (χ1n) is 8.59. The summed E-state index contributed by atoms with van der Waals surface area (Å²) in [7, 11) is 0. The first kappa shape index (κ1) is 15.3. The molecule has 0 radical (unpaired) electrons. The molecule has 1 aromatic rings. The Morgan fingerprint density at radius 2 is 1.86 bits per heavy atom. The molecule has 2 aliphatic rings. The number of nitrogens with two attached hydrogens (primary N) is 1. The van der Waals surface area contributed by atoms with E-state index in [-0.39, 0.29) is 11.8 Å². The first-order chi connectivity index (χ1) is 10.7. The van der Waals surface area contributed by atoms with Gasteiger partial charge >= 0.3 is 0 Å².